The lowest BCUT2D eigenvalue weighted by molar-refractivity contribution is 0.0520. The van der Waals surface area contributed by atoms with E-state index in [-0.39, 0.29) is 0 Å². The van der Waals surface area contributed by atoms with Gasteiger partial charge in [0.1, 0.15) is 18.0 Å². The zero-order valence-electron chi connectivity index (χ0n) is 14.8. The summed E-state index contributed by atoms with van der Waals surface area (Å²) in [5, 5.41) is 2.70. The van der Waals surface area contributed by atoms with Crippen LogP contribution in [0, 0.1) is 6.92 Å². The molecule has 24 heavy (non-hydrogen) atoms. The van der Waals surface area contributed by atoms with E-state index in [1.54, 1.807) is 0 Å². The van der Waals surface area contributed by atoms with Gasteiger partial charge in [0, 0.05) is 5.56 Å². The molecule has 0 fully saturated rings. The number of hydrogen-bond donors (Lipinski definition) is 1. The number of nitrogens with one attached hydrogen (secondary N) is 1. The number of rotatable bonds is 5. The van der Waals surface area contributed by atoms with Crippen LogP contribution in [0.25, 0.3) is 11.1 Å². The minimum atomic E-state index is -0.498. The Morgan fingerprint density at radius 1 is 1.08 bits per heavy atom. The number of aryl methyl sites for hydroxylation is 1. The van der Waals surface area contributed by atoms with Crippen molar-refractivity contribution in [1.82, 2.24) is 5.32 Å². The molecule has 0 heterocycles. The van der Waals surface area contributed by atoms with Crippen molar-refractivity contribution in [3.05, 3.63) is 54.1 Å². The molecule has 0 saturated heterocycles. The van der Waals surface area contributed by atoms with Gasteiger partial charge in [0.25, 0.3) is 0 Å². The van der Waals surface area contributed by atoms with Gasteiger partial charge in [-0.2, -0.15) is 0 Å². The Balaban J connectivity index is 1.95. The number of carbonyl (C=O) groups is 1. The van der Waals surface area contributed by atoms with Gasteiger partial charge >= 0.3 is 6.09 Å². The van der Waals surface area contributed by atoms with Crippen LogP contribution in [-0.2, 0) is 4.74 Å². The Kier molecular flexibility index (Phi) is 5.85. The summed E-state index contributed by atoms with van der Waals surface area (Å²) in [6.07, 6.45) is -0.432. The standard InChI is InChI=1S/C20H25NO3/c1-15-10-11-17(16-8-6-5-7-9-16)18(14-15)23-13-12-21-19(22)24-20(2,3)4/h5-11,14H,12-13H2,1-4H3,(H,21,22). The van der Waals surface area contributed by atoms with Gasteiger partial charge in [-0.3, -0.25) is 0 Å². The third-order valence-electron chi connectivity index (χ3n) is 3.25. The zero-order valence-corrected chi connectivity index (χ0v) is 14.8. The molecule has 1 amide bonds. The number of hydrogen-bond acceptors (Lipinski definition) is 3. The van der Waals surface area contributed by atoms with Crippen LogP contribution >= 0.6 is 0 Å². The first-order chi connectivity index (χ1) is 11.3. The molecule has 4 nitrogen and oxygen atoms in total. The van der Waals surface area contributed by atoms with E-state index in [1.807, 2.05) is 52.0 Å². The van der Waals surface area contributed by atoms with E-state index in [9.17, 15) is 4.79 Å². The minimum absolute atomic E-state index is 0.378. The van der Waals surface area contributed by atoms with Crippen LogP contribution in [-0.4, -0.2) is 24.8 Å². The summed E-state index contributed by atoms with van der Waals surface area (Å²) >= 11 is 0. The maximum Gasteiger partial charge on any atom is 0.407 e. The van der Waals surface area contributed by atoms with Crippen LogP contribution < -0.4 is 10.1 Å². The summed E-state index contributed by atoms with van der Waals surface area (Å²) in [5.41, 5.74) is 2.78. The molecule has 0 radical (unpaired) electrons. The van der Waals surface area contributed by atoms with Crippen molar-refractivity contribution in [2.45, 2.75) is 33.3 Å². The molecule has 0 aromatic heterocycles. The molecule has 4 heteroatoms. The molecule has 0 bridgehead atoms. The molecule has 0 atom stereocenters. The molecule has 0 spiro atoms. The maximum absolute atomic E-state index is 11.6. The van der Waals surface area contributed by atoms with Gasteiger partial charge in [-0.1, -0.05) is 42.5 Å². The fourth-order valence-electron chi connectivity index (χ4n) is 2.23. The molecule has 2 aromatic rings. The van der Waals surface area contributed by atoms with Crippen molar-refractivity contribution in [3.8, 4) is 16.9 Å². The van der Waals surface area contributed by atoms with E-state index >= 15 is 0 Å². The molecule has 2 rings (SSSR count). The van der Waals surface area contributed by atoms with E-state index < -0.39 is 11.7 Å². The van der Waals surface area contributed by atoms with Gasteiger partial charge in [-0.25, -0.2) is 4.79 Å². The monoisotopic (exact) mass is 327 g/mol. The Hall–Kier alpha value is -2.49. The Bertz CT molecular complexity index is 675. The van der Waals surface area contributed by atoms with Crippen molar-refractivity contribution >= 4 is 6.09 Å². The molecule has 128 valence electrons. The van der Waals surface area contributed by atoms with Crippen LogP contribution in [0.15, 0.2) is 48.5 Å². The third kappa shape index (κ3) is 5.61. The van der Waals surface area contributed by atoms with Gasteiger partial charge in [0.2, 0.25) is 0 Å². The summed E-state index contributed by atoms with van der Waals surface area (Å²) in [7, 11) is 0. The summed E-state index contributed by atoms with van der Waals surface area (Å²) in [6, 6.07) is 16.2. The molecule has 0 saturated carbocycles. The van der Waals surface area contributed by atoms with Crippen LogP contribution in [0.1, 0.15) is 26.3 Å². The van der Waals surface area contributed by atoms with Crippen molar-refractivity contribution in [2.24, 2.45) is 0 Å². The Morgan fingerprint density at radius 2 is 1.79 bits per heavy atom. The average Bonchev–Trinajstić information content (AvgIpc) is 2.51. The summed E-state index contributed by atoms with van der Waals surface area (Å²) in [4.78, 5) is 11.6. The van der Waals surface area contributed by atoms with Gasteiger partial charge in [0.15, 0.2) is 0 Å². The second-order valence-corrected chi connectivity index (χ2v) is 6.64. The SMILES string of the molecule is Cc1ccc(-c2ccccc2)c(OCCNC(=O)OC(C)(C)C)c1. The first-order valence-electron chi connectivity index (χ1n) is 8.11. The number of carbonyl (C=O) groups excluding carboxylic acids is 1. The second kappa shape index (κ2) is 7.86. The molecule has 1 N–H and O–H groups in total. The highest BCUT2D eigenvalue weighted by molar-refractivity contribution is 5.71. The quantitative estimate of drug-likeness (QED) is 0.819. The van der Waals surface area contributed by atoms with E-state index in [2.05, 4.69) is 29.6 Å². The molecule has 2 aromatic carbocycles. The lowest BCUT2D eigenvalue weighted by Crippen LogP contribution is -2.34. The van der Waals surface area contributed by atoms with Crippen molar-refractivity contribution < 1.29 is 14.3 Å². The number of benzene rings is 2. The van der Waals surface area contributed by atoms with E-state index in [0.717, 1.165) is 22.4 Å². The first kappa shape index (κ1) is 17.9. The zero-order chi connectivity index (χ0) is 17.6. The number of alkyl carbamates (subject to hydrolysis) is 1. The van der Waals surface area contributed by atoms with Crippen molar-refractivity contribution in [2.75, 3.05) is 13.2 Å². The predicted octanol–water partition coefficient (Wildman–Crippen LogP) is 4.57. The average molecular weight is 327 g/mol. The summed E-state index contributed by atoms with van der Waals surface area (Å²) < 4.78 is 11.1. The van der Waals surface area contributed by atoms with Crippen LogP contribution in [0.2, 0.25) is 0 Å². The highest BCUT2D eigenvalue weighted by Crippen LogP contribution is 2.30. The largest absolute Gasteiger partial charge is 0.491 e. The Morgan fingerprint density at radius 3 is 2.46 bits per heavy atom. The minimum Gasteiger partial charge on any atom is -0.491 e. The van der Waals surface area contributed by atoms with Crippen molar-refractivity contribution in [3.63, 3.8) is 0 Å². The summed E-state index contributed by atoms with van der Waals surface area (Å²) in [5.74, 6) is 0.812. The van der Waals surface area contributed by atoms with Gasteiger partial charge < -0.3 is 14.8 Å². The van der Waals surface area contributed by atoms with E-state index in [0.29, 0.717) is 13.2 Å². The van der Waals surface area contributed by atoms with Crippen molar-refractivity contribution in [1.29, 1.82) is 0 Å². The van der Waals surface area contributed by atoms with Crippen LogP contribution in [0.4, 0.5) is 4.79 Å². The molecular weight excluding hydrogens is 302 g/mol. The second-order valence-electron chi connectivity index (χ2n) is 6.64. The van der Waals surface area contributed by atoms with Crippen LogP contribution in [0.5, 0.6) is 5.75 Å². The van der Waals surface area contributed by atoms with Gasteiger partial charge in [-0.15, -0.1) is 0 Å². The van der Waals surface area contributed by atoms with Gasteiger partial charge in [-0.05, 0) is 44.9 Å². The lowest BCUT2D eigenvalue weighted by Gasteiger charge is -2.20. The number of amides is 1. The molecule has 0 unspecified atom stereocenters. The van der Waals surface area contributed by atoms with Gasteiger partial charge in [0.05, 0.1) is 6.54 Å². The molecule has 0 aliphatic rings. The molecular formula is C20H25NO3. The fraction of sp³-hybridized carbons (Fsp3) is 0.350. The lowest BCUT2D eigenvalue weighted by atomic mass is 10.0. The highest BCUT2D eigenvalue weighted by atomic mass is 16.6. The Labute approximate surface area is 143 Å². The normalized spacial score (nSPS) is 11.0. The molecule has 0 aliphatic heterocycles. The number of ether oxygens (including phenoxy) is 2. The van der Waals surface area contributed by atoms with Crippen LogP contribution in [0.3, 0.4) is 0 Å². The highest BCUT2D eigenvalue weighted by Gasteiger charge is 2.15. The molecule has 0 aliphatic carbocycles. The van der Waals surface area contributed by atoms with E-state index in [1.165, 1.54) is 0 Å². The van der Waals surface area contributed by atoms with E-state index in [4.69, 9.17) is 9.47 Å². The smallest absolute Gasteiger partial charge is 0.407 e. The summed E-state index contributed by atoms with van der Waals surface area (Å²) in [6.45, 7) is 8.30. The fourth-order valence-corrected chi connectivity index (χ4v) is 2.23. The first-order valence-corrected chi connectivity index (χ1v) is 8.11. The predicted molar refractivity (Wildman–Crippen MR) is 96.3 cm³/mol. The third-order valence-corrected chi connectivity index (χ3v) is 3.25. The topological polar surface area (TPSA) is 47.6 Å². The maximum atomic E-state index is 11.6.